The molecule has 5 aromatic heterocycles. The lowest BCUT2D eigenvalue weighted by molar-refractivity contribution is 0.546. The zero-order valence-corrected chi connectivity index (χ0v) is 32.6. The largest absolute Gasteiger partial charge is 0.460 e. The number of thiophene rings is 2. The van der Waals surface area contributed by atoms with E-state index in [2.05, 4.69) is 140 Å². The van der Waals surface area contributed by atoms with Crippen molar-refractivity contribution in [2.75, 3.05) is 0 Å². The molecule has 0 N–H and O–H groups in total. The molecule has 0 amide bonds. The van der Waals surface area contributed by atoms with Gasteiger partial charge in [0, 0.05) is 69.5 Å². The van der Waals surface area contributed by atoms with Gasteiger partial charge in [0.15, 0.2) is 5.82 Å². The Balaban J connectivity index is 1.01. The monoisotopic (exact) mass is 778 g/mol. The third kappa shape index (κ3) is 4.86. The Kier molecular flexibility index (Phi) is 6.85. The summed E-state index contributed by atoms with van der Waals surface area (Å²) in [6, 6.07) is 52.1. The van der Waals surface area contributed by atoms with E-state index in [0.29, 0.717) is 5.82 Å². The van der Waals surface area contributed by atoms with Crippen LogP contribution in [0, 0.1) is 0 Å². The van der Waals surface area contributed by atoms with Gasteiger partial charge in [0.1, 0.15) is 22.5 Å². The molecule has 0 fully saturated rings. The van der Waals surface area contributed by atoms with Gasteiger partial charge in [-0.25, -0.2) is 9.97 Å². The number of nitrogens with zero attached hydrogens (tertiary/aromatic N) is 2. The summed E-state index contributed by atoms with van der Waals surface area (Å²) in [6.07, 6.45) is 6.41. The van der Waals surface area contributed by atoms with E-state index >= 15 is 0 Å². The summed E-state index contributed by atoms with van der Waals surface area (Å²) < 4.78 is 17.8. The number of benzene rings is 7. The summed E-state index contributed by atoms with van der Waals surface area (Å²) in [6.45, 7) is 0. The van der Waals surface area contributed by atoms with Crippen LogP contribution in [-0.4, -0.2) is 9.97 Å². The highest BCUT2D eigenvalue weighted by atomic mass is 32.1. The van der Waals surface area contributed by atoms with Gasteiger partial charge in [0.2, 0.25) is 0 Å². The Morgan fingerprint density at radius 1 is 0.483 bits per heavy atom. The highest BCUT2D eigenvalue weighted by Gasteiger charge is 2.22. The first-order chi connectivity index (χ1) is 28.7. The van der Waals surface area contributed by atoms with Crippen molar-refractivity contribution in [2.24, 2.45) is 0 Å². The van der Waals surface area contributed by atoms with Crippen molar-refractivity contribution < 1.29 is 8.83 Å². The van der Waals surface area contributed by atoms with Crippen molar-refractivity contribution in [1.29, 1.82) is 0 Å². The molecule has 0 saturated carbocycles. The van der Waals surface area contributed by atoms with Crippen LogP contribution in [0.4, 0.5) is 0 Å². The quantitative estimate of drug-likeness (QED) is 0.179. The molecule has 5 heterocycles. The second kappa shape index (κ2) is 12.3. The van der Waals surface area contributed by atoms with Crippen LogP contribution < -0.4 is 0 Å². The Morgan fingerprint density at radius 2 is 1.26 bits per heavy atom. The fourth-order valence-electron chi connectivity index (χ4n) is 8.96. The number of fused-ring (bicyclic) bond motifs is 12. The molecule has 7 aromatic carbocycles. The van der Waals surface area contributed by atoms with Gasteiger partial charge in [-0.15, -0.1) is 22.7 Å². The molecule has 0 spiro atoms. The zero-order chi connectivity index (χ0) is 37.9. The lowest BCUT2D eigenvalue weighted by Crippen LogP contribution is -1.93. The van der Waals surface area contributed by atoms with E-state index in [1.165, 1.54) is 36.7 Å². The summed E-state index contributed by atoms with van der Waals surface area (Å²) in [5.74, 6) is 1.79. The highest BCUT2D eigenvalue weighted by molar-refractivity contribution is 7.26. The maximum Gasteiger partial charge on any atom is 0.160 e. The standard InChI is InChI=1S/C52H30N2O2S2/c1-2-9-29(10-3-1)52-53-49-37-22-18-33(32-17-21-35-34-11-4-6-14-41(34)56-44(35)27-32)28-47(37)58-51(49)50(54-52)38-13-8-15-43-48(38)40-26-30(19-23-42(40)55-43)31-20-24-46-39(25-31)36-12-5-7-16-45(36)57-46/h1-5,7-13,15-28H,6,14H2. The maximum absolute atomic E-state index is 6.58. The van der Waals surface area contributed by atoms with Gasteiger partial charge in [-0.05, 0) is 83.3 Å². The van der Waals surface area contributed by atoms with Gasteiger partial charge in [0.25, 0.3) is 0 Å². The van der Waals surface area contributed by atoms with Crippen LogP contribution in [0.2, 0.25) is 0 Å². The normalized spacial score (nSPS) is 13.0. The molecule has 0 saturated heterocycles. The Morgan fingerprint density at radius 3 is 2.19 bits per heavy atom. The molecule has 12 aromatic rings. The van der Waals surface area contributed by atoms with Gasteiger partial charge in [0.05, 0.1) is 15.9 Å². The van der Waals surface area contributed by atoms with Gasteiger partial charge < -0.3 is 8.83 Å². The van der Waals surface area contributed by atoms with Crippen molar-refractivity contribution in [3.05, 3.63) is 163 Å². The third-order valence-corrected chi connectivity index (χ3v) is 14.1. The van der Waals surface area contributed by atoms with E-state index in [4.69, 9.17) is 18.8 Å². The molecular formula is C52H30N2O2S2. The van der Waals surface area contributed by atoms with Crippen LogP contribution in [0.5, 0.6) is 0 Å². The van der Waals surface area contributed by atoms with Gasteiger partial charge in [-0.1, -0.05) is 103 Å². The van der Waals surface area contributed by atoms with Crippen molar-refractivity contribution in [2.45, 2.75) is 12.8 Å². The number of hydrogen-bond donors (Lipinski definition) is 0. The minimum Gasteiger partial charge on any atom is -0.460 e. The van der Waals surface area contributed by atoms with Crippen molar-refractivity contribution in [1.82, 2.24) is 9.97 Å². The molecule has 1 aliphatic carbocycles. The van der Waals surface area contributed by atoms with E-state index in [0.717, 1.165) is 99.9 Å². The van der Waals surface area contributed by atoms with Gasteiger partial charge >= 0.3 is 0 Å². The van der Waals surface area contributed by atoms with Crippen molar-refractivity contribution >= 4 is 102 Å². The minimum absolute atomic E-state index is 0.704. The van der Waals surface area contributed by atoms with Crippen LogP contribution in [0.1, 0.15) is 17.7 Å². The lowest BCUT2D eigenvalue weighted by Gasteiger charge is -2.09. The number of aryl methyl sites for hydroxylation is 1. The predicted octanol–water partition coefficient (Wildman–Crippen LogP) is 15.5. The summed E-state index contributed by atoms with van der Waals surface area (Å²) in [5, 5.41) is 7.01. The van der Waals surface area contributed by atoms with E-state index in [1.54, 1.807) is 11.3 Å². The Hall–Kier alpha value is -6.86. The van der Waals surface area contributed by atoms with E-state index in [1.807, 2.05) is 29.5 Å². The van der Waals surface area contributed by atoms with Crippen LogP contribution in [0.3, 0.4) is 0 Å². The smallest absolute Gasteiger partial charge is 0.160 e. The first-order valence-corrected chi connectivity index (χ1v) is 21.2. The van der Waals surface area contributed by atoms with Gasteiger partial charge in [-0.2, -0.15) is 0 Å². The van der Waals surface area contributed by atoms with Crippen LogP contribution in [0.15, 0.2) is 161 Å². The maximum atomic E-state index is 6.58. The summed E-state index contributed by atoms with van der Waals surface area (Å²) in [5.41, 5.74) is 12.3. The fourth-order valence-corrected chi connectivity index (χ4v) is 11.2. The SMILES string of the molecule is C1=Cc2c(oc3cc(-c4ccc5c(c4)sc4c(-c6cccc7oc8ccc(-c9ccc%10sc%11ccccc%11c%10c9)cc8c67)nc(-c6ccccc6)nc45)ccc23)CC1. The average molecular weight is 779 g/mol. The third-order valence-electron chi connectivity index (χ3n) is 11.8. The Labute approximate surface area is 340 Å². The lowest BCUT2D eigenvalue weighted by atomic mass is 9.98. The van der Waals surface area contributed by atoms with Crippen molar-refractivity contribution in [3.8, 4) is 44.9 Å². The van der Waals surface area contributed by atoms with Crippen LogP contribution >= 0.6 is 22.7 Å². The summed E-state index contributed by atoms with van der Waals surface area (Å²) in [4.78, 5) is 10.7. The number of rotatable bonds is 4. The Bertz CT molecular complexity index is 3700. The number of hydrogen-bond acceptors (Lipinski definition) is 6. The van der Waals surface area contributed by atoms with Crippen LogP contribution in [0.25, 0.3) is 124 Å². The zero-order valence-electron chi connectivity index (χ0n) is 31.0. The summed E-state index contributed by atoms with van der Waals surface area (Å²) in [7, 11) is 0. The van der Waals surface area contributed by atoms with Gasteiger partial charge in [-0.3, -0.25) is 0 Å². The molecule has 4 nitrogen and oxygen atoms in total. The molecule has 6 heteroatoms. The van der Waals surface area contributed by atoms with E-state index in [9.17, 15) is 0 Å². The molecule has 0 unspecified atom stereocenters. The number of furan rings is 2. The molecule has 0 radical (unpaired) electrons. The summed E-state index contributed by atoms with van der Waals surface area (Å²) >= 11 is 3.60. The second-order valence-electron chi connectivity index (χ2n) is 15.1. The van der Waals surface area contributed by atoms with Crippen LogP contribution in [-0.2, 0) is 6.42 Å². The number of aromatic nitrogens is 2. The minimum atomic E-state index is 0.704. The molecule has 0 aliphatic heterocycles. The van der Waals surface area contributed by atoms with Crippen molar-refractivity contribution in [3.63, 3.8) is 0 Å². The highest BCUT2D eigenvalue weighted by Crippen LogP contribution is 2.46. The first-order valence-electron chi connectivity index (χ1n) is 19.6. The molecular weight excluding hydrogens is 749 g/mol. The average Bonchev–Trinajstić information content (AvgIpc) is 4.05. The molecule has 13 rings (SSSR count). The molecule has 58 heavy (non-hydrogen) atoms. The van der Waals surface area contributed by atoms with E-state index in [-0.39, 0.29) is 0 Å². The molecule has 0 atom stereocenters. The molecule has 1 aliphatic rings. The predicted molar refractivity (Wildman–Crippen MR) is 244 cm³/mol. The topological polar surface area (TPSA) is 52.1 Å². The van der Waals surface area contributed by atoms with E-state index < -0.39 is 0 Å². The number of allylic oxidation sites excluding steroid dienone is 1. The fraction of sp³-hybridized carbons (Fsp3) is 0.0385. The molecule has 0 bridgehead atoms. The first kappa shape index (κ1) is 32.2. The second-order valence-corrected chi connectivity index (χ2v) is 17.3. The molecule has 272 valence electrons.